The number of primary sulfonamides is 1. The molecule has 0 atom stereocenters. The van der Waals surface area contributed by atoms with E-state index in [0.29, 0.717) is 5.69 Å². The minimum absolute atomic E-state index is 0.00497. The molecular weight excluding hydrogens is 368 g/mol. The van der Waals surface area contributed by atoms with Crippen LogP contribution in [0.1, 0.15) is 0 Å². The van der Waals surface area contributed by atoms with Crippen molar-refractivity contribution in [1.82, 2.24) is 0 Å². The Morgan fingerprint density at radius 1 is 1.10 bits per heavy atom. The van der Waals surface area contributed by atoms with Crippen LogP contribution >= 0.6 is 15.9 Å². The van der Waals surface area contributed by atoms with Crippen LogP contribution in [0.15, 0.2) is 39.7 Å². The molecule has 5 nitrogen and oxygen atoms in total. The van der Waals surface area contributed by atoms with Gasteiger partial charge in [-0.3, -0.25) is 0 Å². The van der Waals surface area contributed by atoms with Gasteiger partial charge in [0.2, 0.25) is 10.0 Å². The fourth-order valence-electron chi connectivity index (χ4n) is 1.66. The van der Waals surface area contributed by atoms with E-state index in [9.17, 15) is 17.2 Å². The van der Waals surface area contributed by atoms with E-state index in [2.05, 4.69) is 21.2 Å². The third-order valence-electron chi connectivity index (χ3n) is 2.61. The van der Waals surface area contributed by atoms with E-state index in [1.807, 2.05) is 0 Å². The van der Waals surface area contributed by atoms with E-state index in [1.165, 1.54) is 18.2 Å². The molecule has 0 amide bonds. The highest BCUT2D eigenvalue weighted by Gasteiger charge is 2.13. The molecule has 2 aromatic rings. The largest absolute Gasteiger partial charge is 0.398 e. The Bertz CT molecular complexity index is 812. The molecule has 2 aromatic carbocycles. The Hall–Kier alpha value is -1.71. The van der Waals surface area contributed by atoms with Crippen LogP contribution in [0.4, 0.5) is 25.8 Å². The highest BCUT2D eigenvalue weighted by Crippen LogP contribution is 2.28. The normalized spacial score (nSPS) is 11.4. The van der Waals surface area contributed by atoms with Crippen molar-refractivity contribution in [3.63, 3.8) is 0 Å². The van der Waals surface area contributed by atoms with Crippen LogP contribution in [0.2, 0.25) is 0 Å². The molecule has 0 spiro atoms. The summed E-state index contributed by atoms with van der Waals surface area (Å²) < 4.78 is 49.5. The topological polar surface area (TPSA) is 98.2 Å². The average Bonchev–Trinajstić information content (AvgIpc) is 2.34. The van der Waals surface area contributed by atoms with E-state index in [1.54, 1.807) is 0 Å². The van der Waals surface area contributed by atoms with E-state index in [0.717, 1.165) is 12.1 Å². The molecule has 2 rings (SSSR count). The first-order chi connectivity index (χ1) is 9.68. The van der Waals surface area contributed by atoms with Crippen molar-refractivity contribution in [2.75, 3.05) is 11.1 Å². The Kier molecular flexibility index (Phi) is 4.17. The van der Waals surface area contributed by atoms with Gasteiger partial charge in [0.1, 0.15) is 16.5 Å². The smallest absolute Gasteiger partial charge is 0.240 e. The zero-order valence-electron chi connectivity index (χ0n) is 10.4. The third-order valence-corrected chi connectivity index (χ3v) is 4.20. The molecule has 0 aliphatic carbocycles. The standard InChI is InChI=1S/C12H10BrF2N3O2S/c13-7-4-9(15)11(5-8(7)14)18-6-1-2-12(10(16)3-6)21(17,19)20/h1-5,18H,16H2,(H2,17,19,20). The fraction of sp³-hybridized carbons (Fsp3) is 0. The van der Waals surface area contributed by atoms with Crippen molar-refractivity contribution >= 4 is 43.0 Å². The lowest BCUT2D eigenvalue weighted by molar-refractivity contribution is 0.598. The number of anilines is 3. The molecule has 0 aromatic heterocycles. The third kappa shape index (κ3) is 3.49. The number of benzene rings is 2. The summed E-state index contributed by atoms with van der Waals surface area (Å²) in [5.74, 6) is -1.33. The molecule has 0 fully saturated rings. The maximum atomic E-state index is 13.7. The molecule has 0 aliphatic heterocycles. The number of halogens is 3. The van der Waals surface area contributed by atoms with Gasteiger partial charge in [-0.05, 0) is 40.2 Å². The number of hydrogen-bond donors (Lipinski definition) is 3. The first-order valence-corrected chi connectivity index (χ1v) is 7.86. The lowest BCUT2D eigenvalue weighted by atomic mass is 10.2. The number of nitrogens with two attached hydrogens (primary N) is 2. The summed E-state index contributed by atoms with van der Waals surface area (Å²) in [6.07, 6.45) is 0. The predicted octanol–water partition coefficient (Wildman–Crippen LogP) is 2.70. The molecule has 0 saturated heterocycles. The molecule has 21 heavy (non-hydrogen) atoms. The molecular formula is C12H10BrF2N3O2S. The van der Waals surface area contributed by atoms with Crippen molar-refractivity contribution in [3.8, 4) is 0 Å². The molecule has 0 bridgehead atoms. The zero-order valence-corrected chi connectivity index (χ0v) is 12.8. The Balaban J connectivity index is 2.38. The van der Waals surface area contributed by atoms with Gasteiger partial charge in [-0.2, -0.15) is 0 Å². The van der Waals surface area contributed by atoms with Crippen LogP contribution < -0.4 is 16.2 Å². The van der Waals surface area contributed by atoms with Gasteiger partial charge < -0.3 is 11.1 Å². The maximum Gasteiger partial charge on any atom is 0.240 e. The van der Waals surface area contributed by atoms with Crippen LogP contribution in [-0.2, 0) is 10.0 Å². The number of rotatable bonds is 3. The second kappa shape index (κ2) is 5.58. The lowest BCUT2D eigenvalue weighted by Gasteiger charge is -2.11. The number of nitrogen functional groups attached to an aromatic ring is 1. The van der Waals surface area contributed by atoms with Crippen LogP contribution in [0.25, 0.3) is 0 Å². The number of hydrogen-bond acceptors (Lipinski definition) is 4. The van der Waals surface area contributed by atoms with E-state index >= 15 is 0 Å². The zero-order chi connectivity index (χ0) is 15.8. The molecule has 0 unspecified atom stereocenters. The van der Waals surface area contributed by atoms with Crippen molar-refractivity contribution in [2.24, 2.45) is 5.14 Å². The molecule has 0 heterocycles. The van der Waals surface area contributed by atoms with Crippen molar-refractivity contribution in [1.29, 1.82) is 0 Å². The van der Waals surface area contributed by atoms with E-state index in [4.69, 9.17) is 10.9 Å². The Morgan fingerprint density at radius 2 is 1.76 bits per heavy atom. The second-order valence-electron chi connectivity index (χ2n) is 4.17. The first kappa shape index (κ1) is 15.7. The summed E-state index contributed by atoms with van der Waals surface area (Å²) in [5.41, 5.74) is 5.66. The SMILES string of the molecule is Nc1cc(Nc2cc(F)c(Br)cc2F)ccc1S(N)(=O)=O. The summed E-state index contributed by atoms with van der Waals surface area (Å²) in [7, 11) is -3.94. The van der Waals surface area contributed by atoms with Crippen LogP contribution in [0.5, 0.6) is 0 Å². The summed E-state index contributed by atoms with van der Waals surface area (Å²) >= 11 is 2.87. The fourth-order valence-corrected chi connectivity index (χ4v) is 2.62. The minimum atomic E-state index is -3.94. The summed E-state index contributed by atoms with van der Waals surface area (Å²) in [5, 5.41) is 7.59. The van der Waals surface area contributed by atoms with Gasteiger partial charge in [-0.25, -0.2) is 22.3 Å². The second-order valence-corrected chi connectivity index (χ2v) is 6.55. The van der Waals surface area contributed by atoms with E-state index in [-0.39, 0.29) is 20.7 Å². The van der Waals surface area contributed by atoms with Gasteiger partial charge in [0, 0.05) is 11.8 Å². The predicted molar refractivity (Wildman–Crippen MR) is 79.6 cm³/mol. The Labute approximate surface area is 128 Å². The monoisotopic (exact) mass is 377 g/mol. The van der Waals surface area contributed by atoms with Gasteiger partial charge in [-0.15, -0.1) is 0 Å². The summed E-state index contributed by atoms with van der Waals surface area (Å²) in [4.78, 5) is -0.240. The molecule has 9 heteroatoms. The van der Waals surface area contributed by atoms with Crippen LogP contribution in [-0.4, -0.2) is 8.42 Å². The molecule has 112 valence electrons. The first-order valence-electron chi connectivity index (χ1n) is 5.52. The van der Waals surface area contributed by atoms with Crippen molar-refractivity contribution in [3.05, 3.63) is 46.4 Å². The van der Waals surface area contributed by atoms with Gasteiger partial charge >= 0.3 is 0 Å². The molecule has 0 aliphatic rings. The number of sulfonamides is 1. The van der Waals surface area contributed by atoms with Gasteiger partial charge in [0.05, 0.1) is 15.8 Å². The molecule has 0 saturated carbocycles. The summed E-state index contributed by atoms with van der Waals surface area (Å²) in [6, 6.07) is 5.72. The average molecular weight is 378 g/mol. The van der Waals surface area contributed by atoms with Gasteiger partial charge in [0.25, 0.3) is 0 Å². The lowest BCUT2D eigenvalue weighted by Crippen LogP contribution is -2.14. The Morgan fingerprint density at radius 3 is 2.33 bits per heavy atom. The highest BCUT2D eigenvalue weighted by molar-refractivity contribution is 9.10. The minimum Gasteiger partial charge on any atom is -0.398 e. The van der Waals surface area contributed by atoms with Crippen molar-refractivity contribution in [2.45, 2.75) is 4.90 Å². The molecule has 5 N–H and O–H groups in total. The quantitative estimate of drug-likeness (QED) is 0.565. The van der Waals surface area contributed by atoms with E-state index < -0.39 is 21.7 Å². The van der Waals surface area contributed by atoms with Crippen molar-refractivity contribution < 1.29 is 17.2 Å². The van der Waals surface area contributed by atoms with Gasteiger partial charge in [0.15, 0.2) is 0 Å². The highest BCUT2D eigenvalue weighted by atomic mass is 79.9. The van der Waals surface area contributed by atoms with Gasteiger partial charge in [-0.1, -0.05) is 0 Å². The number of nitrogens with one attached hydrogen (secondary N) is 1. The molecule has 0 radical (unpaired) electrons. The summed E-state index contributed by atoms with van der Waals surface area (Å²) in [6.45, 7) is 0. The maximum absolute atomic E-state index is 13.7. The van der Waals surface area contributed by atoms with Crippen LogP contribution in [0, 0.1) is 11.6 Å². The van der Waals surface area contributed by atoms with Crippen LogP contribution in [0.3, 0.4) is 0 Å².